The molecule has 0 aromatic heterocycles. The second-order valence-electron chi connectivity index (χ2n) is 6.82. The first-order chi connectivity index (χ1) is 13.7. The molecule has 0 bridgehead atoms. The molecule has 7 heteroatoms. The van der Waals surface area contributed by atoms with Gasteiger partial charge in [-0.3, -0.25) is 9.69 Å². The molecule has 148 valence electrons. The molecule has 0 atom stereocenters. The molecule has 0 saturated carbocycles. The van der Waals surface area contributed by atoms with Crippen LogP contribution in [0.1, 0.15) is 21.5 Å². The highest BCUT2D eigenvalue weighted by Gasteiger charge is 2.19. The molecule has 2 aliphatic heterocycles. The molecule has 0 radical (unpaired) electrons. The van der Waals surface area contributed by atoms with Crippen molar-refractivity contribution in [3.05, 3.63) is 58.1 Å². The van der Waals surface area contributed by atoms with Crippen molar-refractivity contribution in [2.75, 3.05) is 39.5 Å². The summed E-state index contributed by atoms with van der Waals surface area (Å²) in [6.45, 7) is 5.60. The Labute approximate surface area is 169 Å². The summed E-state index contributed by atoms with van der Waals surface area (Å²) in [5, 5.41) is 3.37. The summed E-state index contributed by atoms with van der Waals surface area (Å²) in [5.74, 6) is 0.817. The summed E-state index contributed by atoms with van der Waals surface area (Å²) in [6.07, 6.45) is 0. The second-order valence-corrected chi connectivity index (χ2v) is 7.23. The Bertz CT molecular complexity index is 852. The van der Waals surface area contributed by atoms with Crippen LogP contribution in [-0.4, -0.2) is 50.3 Å². The summed E-state index contributed by atoms with van der Waals surface area (Å²) in [6, 6.07) is 11.5. The van der Waals surface area contributed by atoms with E-state index in [-0.39, 0.29) is 5.91 Å². The lowest BCUT2D eigenvalue weighted by atomic mass is 10.1. The largest absolute Gasteiger partial charge is 0.486 e. The number of fused-ring (bicyclic) bond motifs is 1. The van der Waals surface area contributed by atoms with Gasteiger partial charge in [0, 0.05) is 31.7 Å². The van der Waals surface area contributed by atoms with Gasteiger partial charge in [0.05, 0.1) is 18.2 Å². The van der Waals surface area contributed by atoms with Crippen LogP contribution in [-0.2, 0) is 17.8 Å². The minimum Gasteiger partial charge on any atom is -0.486 e. The van der Waals surface area contributed by atoms with Gasteiger partial charge in [-0.25, -0.2) is 0 Å². The summed E-state index contributed by atoms with van der Waals surface area (Å²) in [4.78, 5) is 15.0. The third kappa shape index (κ3) is 4.41. The van der Waals surface area contributed by atoms with Crippen LogP contribution in [0.5, 0.6) is 11.5 Å². The fourth-order valence-corrected chi connectivity index (χ4v) is 3.67. The number of hydrogen-bond donors (Lipinski definition) is 1. The Morgan fingerprint density at radius 2 is 1.79 bits per heavy atom. The van der Waals surface area contributed by atoms with Gasteiger partial charge in [0.15, 0.2) is 11.5 Å². The lowest BCUT2D eigenvalue weighted by Crippen LogP contribution is -2.36. The number of morpholine rings is 1. The number of benzene rings is 2. The number of carbonyl (C=O) groups excluding carboxylic acids is 1. The predicted molar refractivity (Wildman–Crippen MR) is 106 cm³/mol. The number of hydrogen-bond acceptors (Lipinski definition) is 5. The molecule has 1 amide bonds. The van der Waals surface area contributed by atoms with Crippen molar-refractivity contribution in [2.45, 2.75) is 13.1 Å². The molecular formula is C21H23ClN2O4. The molecule has 0 unspecified atom stereocenters. The van der Waals surface area contributed by atoms with Crippen LogP contribution in [0.2, 0.25) is 5.02 Å². The van der Waals surface area contributed by atoms with Crippen molar-refractivity contribution in [1.82, 2.24) is 10.2 Å². The maximum Gasteiger partial charge on any atom is 0.251 e. The Morgan fingerprint density at radius 1 is 1.04 bits per heavy atom. The van der Waals surface area contributed by atoms with Gasteiger partial charge in [0.1, 0.15) is 13.2 Å². The quantitative estimate of drug-likeness (QED) is 0.833. The van der Waals surface area contributed by atoms with Crippen LogP contribution in [0.25, 0.3) is 0 Å². The van der Waals surface area contributed by atoms with Gasteiger partial charge in [-0.05, 0) is 23.3 Å². The third-order valence-corrected chi connectivity index (χ3v) is 5.20. The number of rotatable bonds is 5. The van der Waals surface area contributed by atoms with Gasteiger partial charge >= 0.3 is 0 Å². The van der Waals surface area contributed by atoms with Crippen LogP contribution in [0.4, 0.5) is 0 Å². The first kappa shape index (κ1) is 19.1. The summed E-state index contributed by atoms with van der Waals surface area (Å²) in [7, 11) is 0. The molecule has 2 aliphatic rings. The molecular weight excluding hydrogens is 380 g/mol. The van der Waals surface area contributed by atoms with Crippen LogP contribution in [0.15, 0.2) is 36.4 Å². The zero-order valence-electron chi connectivity index (χ0n) is 15.6. The van der Waals surface area contributed by atoms with Crippen LogP contribution in [0.3, 0.4) is 0 Å². The van der Waals surface area contributed by atoms with E-state index in [1.807, 2.05) is 18.2 Å². The maximum absolute atomic E-state index is 12.7. The normalized spacial score (nSPS) is 16.6. The number of carbonyl (C=O) groups is 1. The van der Waals surface area contributed by atoms with Crippen molar-refractivity contribution >= 4 is 17.5 Å². The Balaban J connectivity index is 1.43. The minimum atomic E-state index is -0.194. The van der Waals surface area contributed by atoms with Gasteiger partial charge in [-0.2, -0.15) is 0 Å². The zero-order chi connectivity index (χ0) is 19.3. The predicted octanol–water partition coefficient (Wildman–Crippen LogP) is 2.87. The van der Waals surface area contributed by atoms with Gasteiger partial charge in [-0.1, -0.05) is 35.9 Å². The number of nitrogens with zero attached hydrogens (tertiary/aromatic N) is 1. The van der Waals surface area contributed by atoms with Crippen molar-refractivity contribution < 1.29 is 19.0 Å². The van der Waals surface area contributed by atoms with E-state index in [9.17, 15) is 4.79 Å². The van der Waals surface area contributed by atoms with E-state index in [2.05, 4.69) is 16.3 Å². The highest BCUT2D eigenvalue weighted by molar-refractivity contribution is 6.32. The summed E-state index contributed by atoms with van der Waals surface area (Å²) >= 11 is 6.24. The van der Waals surface area contributed by atoms with E-state index < -0.39 is 0 Å². The Kier molecular flexibility index (Phi) is 6.00. The Hall–Kier alpha value is -2.28. The number of amides is 1. The van der Waals surface area contributed by atoms with Crippen molar-refractivity contribution in [2.24, 2.45) is 0 Å². The molecule has 2 heterocycles. The van der Waals surface area contributed by atoms with Gasteiger partial charge in [-0.15, -0.1) is 0 Å². The SMILES string of the molecule is O=C(NCc1ccccc1CN1CCOCC1)c1cc(Cl)c2c(c1)OCCO2. The third-order valence-electron chi connectivity index (χ3n) is 4.91. The molecule has 4 rings (SSSR count). The van der Waals surface area contributed by atoms with E-state index in [1.165, 1.54) is 5.56 Å². The summed E-state index contributed by atoms with van der Waals surface area (Å²) in [5.41, 5.74) is 2.77. The van der Waals surface area contributed by atoms with Crippen molar-refractivity contribution in [3.8, 4) is 11.5 Å². The molecule has 2 aromatic rings. The number of ether oxygens (including phenoxy) is 3. The molecule has 1 fully saturated rings. The molecule has 0 aliphatic carbocycles. The van der Waals surface area contributed by atoms with Gasteiger partial charge in [0.25, 0.3) is 5.91 Å². The summed E-state index contributed by atoms with van der Waals surface area (Å²) < 4.78 is 16.5. The molecule has 28 heavy (non-hydrogen) atoms. The number of halogens is 1. The fourth-order valence-electron chi connectivity index (χ4n) is 3.40. The molecule has 6 nitrogen and oxygen atoms in total. The molecule has 0 spiro atoms. The van der Waals surface area contributed by atoms with Crippen LogP contribution < -0.4 is 14.8 Å². The van der Waals surface area contributed by atoms with E-state index in [1.54, 1.807) is 12.1 Å². The number of nitrogens with one attached hydrogen (secondary N) is 1. The van der Waals surface area contributed by atoms with E-state index in [0.717, 1.165) is 38.4 Å². The molecule has 1 N–H and O–H groups in total. The van der Waals surface area contributed by atoms with Crippen LogP contribution >= 0.6 is 11.6 Å². The Morgan fingerprint density at radius 3 is 2.61 bits per heavy atom. The van der Waals surface area contributed by atoms with E-state index in [4.69, 9.17) is 25.8 Å². The minimum absolute atomic E-state index is 0.194. The lowest BCUT2D eigenvalue weighted by molar-refractivity contribution is 0.0340. The average molecular weight is 403 g/mol. The van der Waals surface area contributed by atoms with E-state index in [0.29, 0.717) is 41.8 Å². The first-order valence-electron chi connectivity index (χ1n) is 9.45. The fraction of sp³-hybridized carbons (Fsp3) is 0.381. The van der Waals surface area contributed by atoms with Crippen molar-refractivity contribution in [3.63, 3.8) is 0 Å². The topological polar surface area (TPSA) is 60.0 Å². The van der Waals surface area contributed by atoms with Crippen LogP contribution in [0, 0.1) is 0 Å². The van der Waals surface area contributed by atoms with E-state index >= 15 is 0 Å². The molecule has 2 aromatic carbocycles. The zero-order valence-corrected chi connectivity index (χ0v) is 16.3. The van der Waals surface area contributed by atoms with Gasteiger partial charge in [0.2, 0.25) is 0 Å². The maximum atomic E-state index is 12.7. The smallest absolute Gasteiger partial charge is 0.251 e. The first-order valence-corrected chi connectivity index (χ1v) is 9.83. The lowest BCUT2D eigenvalue weighted by Gasteiger charge is -2.27. The monoisotopic (exact) mass is 402 g/mol. The second kappa shape index (κ2) is 8.82. The highest BCUT2D eigenvalue weighted by atomic mass is 35.5. The highest BCUT2D eigenvalue weighted by Crippen LogP contribution is 2.38. The molecule has 1 saturated heterocycles. The van der Waals surface area contributed by atoms with Gasteiger partial charge < -0.3 is 19.5 Å². The van der Waals surface area contributed by atoms with Crippen molar-refractivity contribution in [1.29, 1.82) is 0 Å². The standard InChI is InChI=1S/C21H23ClN2O4/c22-18-11-17(12-19-20(18)28-10-9-27-19)21(25)23-13-15-3-1-2-4-16(15)14-24-5-7-26-8-6-24/h1-4,11-12H,5-10,13-14H2,(H,23,25). The average Bonchev–Trinajstić information content (AvgIpc) is 2.73.